The molecule has 2 fully saturated rings. The van der Waals surface area contributed by atoms with Crippen molar-refractivity contribution in [3.05, 3.63) is 0 Å². The van der Waals surface area contributed by atoms with Gasteiger partial charge < -0.3 is 14.7 Å². The fraction of sp³-hybridized carbons (Fsp3) is 0.909. The van der Waals surface area contributed by atoms with Crippen LogP contribution in [0, 0.1) is 5.92 Å². The minimum atomic E-state index is -0.433. The third-order valence-electron chi connectivity index (χ3n) is 3.20. The summed E-state index contributed by atoms with van der Waals surface area (Å²) in [5.74, 6) is 0.289. The van der Waals surface area contributed by atoms with Crippen molar-refractivity contribution < 1.29 is 14.6 Å². The Morgan fingerprint density at radius 1 is 1.47 bits per heavy atom. The zero-order chi connectivity index (χ0) is 11.2. The predicted octanol–water partition coefficient (Wildman–Crippen LogP) is 1.38. The Labute approximate surface area is 90.2 Å². The van der Waals surface area contributed by atoms with Crippen molar-refractivity contribution >= 4 is 6.09 Å². The second-order valence-electron chi connectivity index (χ2n) is 5.50. The molecule has 86 valence electrons. The Hall–Kier alpha value is -0.770. The van der Waals surface area contributed by atoms with Gasteiger partial charge in [-0.15, -0.1) is 0 Å². The highest BCUT2D eigenvalue weighted by Crippen LogP contribution is 2.41. The van der Waals surface area contributed by atoms with Gasteiger partial charge in [-0.25, -0.2) is 4.79 Å². The van der Waals surface area contributed by atoms with E-state index in [1.807, 2.05) is 20.8 Å². The quantitative estimate of drug-likeness (QED) is 0.661. The van der Waals surface area contributed by atoms with Crippen LogP contribution < -0.4 is 0 Å². The highest BCUT2D eigenvalue weighted by molar-refractivity contribution is 5.69. The summed E-state index contributed by atoms with van der Waals surface area (Å²) in [6.45, 7) is 6.33. The van der Waals surface area contributed by atoms with E-state index >= 15 is 0 Å². The molecule has 0 aromatic carbocycles. The Morgan fingerprint density at radius 2 is 2.13 bits per heavy atom. The lowest BCUT2D eigenvalue weighted by atomic mass is 9.77. The van der Waals surface area contributed by atoms with Gasteiger partial charge in [0.25, 0.3) is 0 Å². The number of hydrogen-bond donors (Lipinski definition) is 1. The van der Waals surface area contributed by atoms with Crippen LogP contribution in [0.5, 0.6) is 0 Å². The highest BCUT2D eigenvalue weighted by Gasteiger charge is 2.50. The minimum absolute atomic E-state index is 0.206. The molecule has 1 saturated carbocycles. The van der Waals surface area contributed by atoms with E-state index in [1.54, 1.807) is 4.90 Å². The molecule has 1 amide bonds. The van der Waals surface area contributed by atoms with Gasteiger partial charge in [0.2, 0.25) is 0 Å². The first-order chi connectivity index (χ1) is 6.88. The number of aliphatic hydroxyl groups is 1. The Bertz CT molecular complexity index is 271. The number of ether oxygens (including phenoxy) is 1. The SMILES string of the molecule is CC(C)(C)OC(=O)N1CC[C@@H]2[C@H]1C[C@@H]2O. The van der Waals surface area contributed by atoms with Crippen molar-refractivity contribution in [1.29, 1.82) is 0 Å². The maximum atomic E-state index is 11.8. The zero-order valence-corrected chi connectivity index (χ0v) is 9.56. The lowest BCUT2D eigenvalue weighted by Crippen LogP contribution is -2.51. The number of fused-ring (bicyclic) bond motifs is 1. The van der Waals surface area contributed by atoms with Crippen molar-refractivity contribution in [2.24, 2.45) is 5.92 Å². The largest absolute Gasteiger partial charge is 0.444 e. The van der Waals surface area contributed by atoms with Crippen LogP contribution in [0.15, 0.2) is 0 Å². The fourth-order valence-corrected chi connectivity index (χ4v) is 2.40. The van der Waals surface area contributed by atoms with Gasteiger partial charge in [-0.3, -0.25) is 0 Å². The van der Waals surface area contributed by atoms with Crippen LogP contribution in [0.2, 0.25) is 0 Å². The van der Waals surface area contributed by atoms with E-state index in [9.17, 15) is 9.90 Å². The molecule has 0 bridgehead atoms. The molecule has 2 aliphatic rings. The number of carbonyl (C=O) groups excluding carboxylic acids is 1. The summed E-state index contributed by atoms with van der Waals surface area (Å²) in [5, 5.41) is 9.47. The number of aliphatic hydroxyl groups excluding tert-OH is 1. The molecule has 1 aliphatic carbocycles. The Balaban J connectivity index is 1.93. The van der Waals surface area contributed by atoms with Gasteiger partial charge in [0.05, 0.1) is 6.10 Å². The highest BCUT2D eigenvalue weighted by atomic mass is 16.6. The maximum Gasteiger partial charge on any atom is 0.410 e. The summed E-state index contributed by atoms with van der Waals surface area (Å²) in [6, 6.07) is 0.217. The smallest absolute Gasteiger partial charge is 0.410 e. The number of carbonyl (C=O) groups is 1. The average Bonchev–Trinajstić information content (AvgIpc) is 2.38. The average molecular weight is 213 g/mol. The molecule has 1 saturated heterocycles. The molecule has 1 N–H and O–H groups in total. The molecule has 4 nitrogen and oxygen atoms in total. The number of hydrogen-bond acceptors (Lipinski definition) is 3. The first-order valence-corrected chi connectivity index (χ1v) is 5.56. The molecule has 0 aromatic heterocycles. The van der Waals surface area contributed by atoms with Gasteiger partial charge in [-0.05, 0) is 33.6 Å². The lowest BCUT2D eigenvalue weighted by molar-refractivity contribution is -0.0330. The summed E-state index contributed by atoms with van der Waals surface area (Å²) >= 11 is 0. The standard InChI is InChI=1S/C11H19NO3/c1-11(2,3)15-10(14)12-5-4-7-8(12)6-9(7)13/h7-9,13H,4-6H2,1-3H3/t7-,8-,9+/m1/s1. The van der Waals surface area contributed by atoms with Gasteiger partial charge in [0.1, 0.15) is 5.60 Å². The van der Waals surface area contributed by atoms with Crippen LogP contribution >= 0.6 is 0 Å². The topological polar surface area (TPSA) is 49.8 Å². The fourth-order valence-electron chi connectivity index (χ4n) is 2.40. The zero-order valence-electron chi connectivity index (χ0n) is 9.56. The second kappa shape index (κ2) is 3.37. The van der Waals surface area contributed by atoms with Crippen molar-refractivity contribution in [2.75, 3.05) is 6.54 Å². The molecule has 2 rings (SSSR count). The van der Waals surface area contributed by atoms with Crippen molar-refractivity contribution in [3.63, 3.8) is 0 Å². The van der Waals surface area contributed by atoms with Gasteiger partial charge >= 0.3 is 6.09 Å². The Morgan fingerprint density at radius 3 is 2.60 bits per heavy atom. The normalized spacial score (nSPS) is 34.7. The van der Waals surface area contributed by atoms with E-state index in [4.69, 9.17) is 4.74 Å². The number of likely N-dealkylation sites (tertiary alicyclic amines) is 1. The molecule has 0 radical (unpaired) electrons. The van der Waals surface area contributed by atoms with E-state index in [1.165, 1.54) is 0 Å². The predicted molar refractivity (Wildman–Crippen MR) is 55.5 cm³/mol. The first kappa shape index (κ1) is 10.7. The van der Waals surface area contributed by atoms with Crippen LogP contribution in [0.3, 0.4) is 0 Å². The third kappa shape index (κ3) is 1.95. The summed E-state index contributed by atoms with van der Waals surface area (Å²) in [7, 11) is 0. The van der Waals surface area contributed by atoms with Gasteiger partial charge in [0, 0.05) is 18.5 Å². The van der Waals surface area contributed by atoms with E-state index in [0.29, 0.717) is 6.42 Å². The van der Waals surface area contributed by atoms with Crippen molar-refractivity contribution in [3.8, 4) is 0 Å². The molecule has 0 aromatic rings. The first-order valence-electron chi connectivity index (χ1n) is 5.56. The van der Waals surface area contributed by atoms with Gasteiger partial charge in [-0.1, -0.05) is 0 Å². The minimum Gasteiger partial charge on any atom is -0.444 e. The van der Waals surface area contributed by atoms with Crippen LogP contribution in [0.1, 0.15) is 33.6 Å². The van der Waals surface area contributed by atoms with Crippen molar-refractivity contribution in [1.82, 2.24) is 4.90 Å². The molecule has 1 aliphatic heterocycles. The number of nitrogens with zero attached hydrogens (tertiary/aromatic N) is 1. The monoisotopic (exact) mass is 213 g/mol. The van der Waals surface area contributed by atoms with Crippen LogP contribution in [0.4, 0.5) is 4.79 Å². The molecule has 1 heterocycles. The number of amides is 1. The molecule has 15 heavy (non-hydrogen) atoms. The third-order valence-corrected chi connectivity index (χ3v) is 3.20. The summed E-state index contributed by atoms with van der Waals surface area (Å²) in [5.41, 5.74) is -0.433. The van der Waals surface area contributed by atoms with Gasteiger partial charge in [0.15, 0.2) is 0 Å². The second-order valence-corrected chi connectivity index (χ2v) is 5.50. The van der Waals surface area contributed by atoms with Crippen molar-refractivity contribution in [2.45, 2.75) is 51.4 Å². The van der Waals surface area contributed by atoms with Crippen LogP contribution in [-0.4, -0.2) is 40.4 Å². The van der Waals surface area contributed by atoms with Gasteiger partial charge in [-0.2, -0.15) is 0 Å². The maximum absolute atomic E-state index is 11.8. The molecule has 0 spiro atoms. The molecular weight excluding hydrogens is 194 g/mol. The summed E-state index contributed by atoms with van der Waals surface area (Å²) < 4.78 is 5.31. The van der Waals surface area contributed by atoms with E-state index < -0.39 is 5.60 Å². The Kier molecular flexibility index (Phi) is 2.41. The summed E-state index contributed by atoms with van der Waals surface area (Å²) in [4.78, 5) is 13.5. The van der Waals surface area contributed by atoms with Crippen LogP contribution in [0.25, 0.3) is 0 Å². The van der Waals surface area contributed by atoms with E-state index in [0.717, 1.165) is 13.0 Å². The van der Waals surface area contributed by atoms with E-state index in [-0.39, 0.29) is 24.2 Å². The lowest BCUT2D eigenvalue weighted by Gasteiger charge is -2.40. The molecule has 4 heteroatoms. The van der Waals surface area contributed by atoms with E-state index in [2.05, 4.69) is 0 Å². The molecule has 3 atom stereocenters. The summed E-state index contributed by atoms with van der Waals surface area (Å²) in [6.07, 6.45) is 1.18. The molecule has 0 unspecified atom stereocenters. The van der Waals surface area contributed by atoms with Crippen LogP contribution in [-0.2, 0) is 4.74 Å². The molecular formula is C11H19NO3. The number of rotatable bonds is 0.